The van der Waals surface area contributed by atoms with E-state index in [1.165, 1.54) is 5.69 Å². The van der Waals surface area contributed by atoms with E-state index in [1.807, 2.05) is 24.3 Å². The molecule has 0 spiro atoms. The van der Waals surface area contributed by atoms with E-state index in [-0.39, 0.29) is 0 Å². The molecule has 33 heavy (non-hydrogen) atoms. The number of hydrogen-bond acceptors (Lipinski definition) is 6. The first-order valence-corrected chi connectivity index (χ1v) is 11.0. The molecule has 5 aromatic rings. The van der Waals surface area contributed by atoms with Crippen LogP contribution in [0.4, 0.5) is 11.4 Å². The van der Waals surface area contributed by atoms with Crippen molar-refractivity contribution in [2.45, 2.75) is 0 Å². The first-order chi connectivity index (χ1) is 16.2. The van der Waals surface area contributed by atoms with Crippen LogP contribution in [-0.4, -0.2) is 58.1 Å². The zero-order valence-electron chi connectivity index (χ0n) is 18.2. The summed E-state index contributed by atoms with van der Waals surface area (Å²) >= 11 is 0. The van der Waals surface area contributed by atoms with E-state index in [4.69, 9.17) is 4.98 Å². The Kier molecular flexibility index (Phi) is 4.66. The Morgan fingerprint density at radius 3 is 2.06 bits per heavy atom. The normalized spacial score (nSPS) is 14.9. The zero-order chi connectivity index (χ0) is 22.4. The van der Waals surface area contributed by atoms with Crippen LogP contribution in [0.5, 0.6) is 0 Å². The molecule has 0 aliphatic carbocycles. The second-order valence-corrected chi connectivity index (χ2v) is 8.53. The second-order valence-electron chi connectivity index (χ2n) is 8.53. The number of nitrogens with zero attached hydrogens (tertiary/aromatic N) is 5. The van der Waals surface area contributed by atoms with Crippen LogP contribution < -0.4 is 4.90 Å². The summed E-state index contributed by atoms with van der Waals surface area (Å²) in [4.78, 5) is 31.8. The number of benzene rings is 3. The van der Waals surface area contributed by atoms with E-state index in [2.05, 4.69) is 61.2 Å². The fourth-order valence-electron chi connectivity index (χ4n) is 4.37. The monoisotopic (exact) mass is 437 g/mol. The number of aromatic amines is 2. The van der Waals surface area contributed by atoms with Crippen LogP contribution in [0, 0.1) is 4.91 Å². The summed E-state index contributed by atoms with van der Waals surface area (Å²) in [6.07, 6.45) is 0. The van der Waals surface area contributed by atoms with Crippen molar-refractivity contribution in [2.24, 2.45) is 5.18 Å². The van der Waals surface area contributed by atoms with E-state index >= 15 is 0 Å². The number of piperazine rings is 1. The Morgan fingerprint density at radius 1 is 0.758 bits per heavy atom. The lowest BCUT2D eigenvalue weighted by Gasteiger charge is -2.34. The first-order valence-electron chi connectivity index (χ1n) is 11.0. The van der Waals surface area contributed by atoms with Gasteiger partial charge in [-0.1, -0.05) is 0 Å². The minimum atomic E-state index is 0.401. The van der Waals surface area contributed by atoms with Crippen LogP contribution in [-0.2, 0) is 0 Å². The van der Waals surface area contributed by atoms with Crippen LogP contribution in [0.25, 0.3) is 44.8 Å². The smallest absolute Gasteiger partial charge is 0.138 e. The molecule has 3 aromatic carbocycles. The zero-order valence-corrected chi connectivity index (χ0v) is 18.2. The first kappa shape index (κ1) is 19.6. The number of imidazole rings is 2. The van der Waals surface area contributed by atoms with Crippen LogP contribution in [0.2, 0.25) is 0 Å². The molecule has 1 aliphatic heterocycles. The Morgan fingerprint density at radius 2 is 1.36 bits per heavy atom. The van der Waals surface area contributed by atoms with Crippen molar-refractivity contribution >= 4 is 33.4 Å². The Bertz CT molecular complexity index is 1460. The SMILES string of the molecule is CN1CCN(c2ccc3nc(-c4ccc5nc(-c6ccc(N=O)cc6)[nH]c5c4)[nH]c3c2)CC1. The molecule has 1 saturated heterocycles. The van der Waals surface area contributed by atoms with Crippen LogP contribution in [0.1, 0.15) is 0 Å². The van der Waals surface area contributed by atoms with Gasteiger partial charge in [-0.15, -0.1) is 4.91 Å². The molecule has 0 amide bonds. The van der Waals surface area contributed by atoms with Gasteiger partial charge in [-0.3, -0.25) is 0 Å². The van der Waals surface area contributed by atoms with Gasteiger partial charge in [0.25, 0.3) is 0 Å². The molecule has 1 fully saturated rings. The number of likely N-dealkylation sites (N-methyl/N-ethyl adjacent to an activating group) is 1. The van der Waals surface area contributed by atoms with Crippen molar-refractivity contribution < 1.29 is 0 Å². The van der Waals surface area contributed by atoms with Crippen LogP contribution in [0.15, 0.2) is 65.8 Å². The van der Waals surface area contributed by atoms with E-state index in [1.54, 1.807) is 12.1 Å². The third kappa shape index (κ3) is 3.64. The maximum atomic E-state index is 10.7. The summed E-state index contributed by atoms with van der Waals surface area (Å²) in [5, 5.41) is 2.95. The Labute approximate surface area is 190 Å². The standard InChI is InChI=1S/C25H23N7O/c1-31-10-12-32(13-11-31)19-7-9-21-23(15-19)29-25(27-21)17-4-8-20-22(14-17)28-24(26-20)16-2-5-18(30-33)6-3-16/h2-9,14-15H,10-13H2,1H3,(H,26,28)(H,27,29). The molecule has 0 bridgehead atoms. The molecule has 2 aromatic heterocycles. The number of rotatable bonds is 4. The average Bonchev–Trinajstić information content (AvgIpc) is 3.48. The minimum absolute atomic E-state index is 0.401. The van der Waals surface area contributed by atoms with Crippen molar-refractivity contribution in [2.75, 3.05) is 38.1 Å². The van der Waals surface area contributed by atoms with E-state index < -0.39 is 0 Å². The Balaban J connectivity index is 1.31. The van der Waals surface area contributed by atoms with Crippen molar-refractivity contribution in [1.82, 2.24) is 24.8 Å². The molecular weight excluding hydrogens is 414 g/mol. The minimum Gasteiger partial charge on any atom is -0.369 e. The number of nitroso groups, excluding NO2 is 1. The molecule has 1 aliphatic rings. The third-order valence-electron chi connectivity index (χ3n) is 6.34. The van der Waals surface area contributed by atoms with Gasteiger partial charge in [0.2, 0.25) is 0 Å². The molecule has 2 N–H and O–H groups in total. The van der Waals surface area contributed by atoms with Gasteiger partial charge in [-0.05, 0) is 72.9 Å². The summed E-state index contributed by atoms with van der Waals surface area (Å²) in [5.74, 6) is 1.58. The van der Waals surface area contributed by atoms with Crippen LogP contribution >= 0.6 is 0 Å². The number of anilines is 1. The largest absolute Gasteiger partial charge is 0.369 e. The number of hydrogen-bond donors (Lipinski definition) is 2. The summed E-state index contributed by atoms with van der Waals surface area (Å²) in [7, 11) is 2.17. The van der Waals surface area contributed by atoms with Gasteiger partial charge in [-0.2, -0.15) is 0 Å². The van der Waals surface area contributed by atoms with Gasteiger partial charge in [0.1, 0.15) is 17.3 Å². The highest BCUT2D eigenvalue weighted by molar-refractivity contribution is 5.87. The molecular formula is C25H23N7O. The molecule has 0 radical (unpaired) electrons. The van der Waals surface area contributed by atoms with Crippen molar-refractivity contribution in [3.63, 3.8) is 0 Å². The molecule has 0 atom stereocenters. The number of H-pyrrole nitrogens is 2. The second kappa shape index (κ2) is 7.83. The van der Waals surface area contributed by atoms with Gasteiger partial charge in [-0.25, -0.2) is 9.97 Å². The summed E-state index contributed by atoms with van der Waals surface area (Å²) < 4.78 is 0. The fourth-order valence-corrected chi connectivity index (χ4v) is 4.37. The lowest BCUT2D eigenvalue weighted by atomic mass is 10.2. The highest BCUT2D eigenvalue weighted by atomic mass is 16.3. The predicted molar refractivity (Wildman–Crippen MR) is 132 cm³/mol. The highest BCUT2D eigenvalue weighted by Gasteiger charge is 2.16. The van der Waals surface area contributed by atoms with Gasteiger partial charge >= 0.3 is 0 Å². The van der Waals surface area contributed by atoms with E-state index in [0.717, 1.165) is 71.0 Å². The van der Waals surface area contributed by atoms with Gasteiger partial charge in [0, 0.05) is 43.0 Å². The number of aromatic nitrogens is 4. The topological polar surface area (TPSA) is 93.3 Å². The average molecular weight is 438 g/mol. The molecule has 164 valence electrons. The molecule has 6 rings (SSSR count). The molecule has 3 heterocycles. The summed E-state index contributed by atoms with van der Waals surface area (Å²) in [6, 6.07) is 19.6. The van der Waals surface area contributed by atoms with Crippen molar-refractivity contribution in [3.05, 3.63) is 65.6 Å². The third-order valence-corrected chi connectivity index (χ3v) is 6.34. The van der Waals surface area contributed by atoms with E-state index in [0.29, 0.717) is 5.69 Å². The highest BCUT2D eigenvalue weighted by Crippen LogP contribution is 2.28. The van der Waals surface area contributed by atoms with Crippen molar-refractivity contribution in [1.29, 1.82) is 0 Å². The molecule has 0 saturated carbocycles. The number of fused-ring (bicyclic) bond motifs is 2. The maximum absolute atomic E-state index is 10.7. The summed E-state index contributed by atoms with van der Waals surface area (Å²) in [5.41, 5.74) is 7.33. The molecule has 0 unspecified atom stereocenters. The quantitative estimate of drug-likeness (QED) is 0.389. The van der Waals surface area contributed by atoms with Gasteiger partial charge < -0.3 is 19.8 Å². The van der Waals surface area contributed by atoms with Crippen molar-refractivity contribution in [3.8, 4) is 22.8 Å². The lowest BCUT2D eigenvalue weighted by molar-refractivity contribution is 0.313. The van der Waals surface area contributed by atoms with Gasteiger partial charge in [0.15, 0.2) is 0 Å². The maximum Gasteiger partial charge on any atom is 0.138 e. The summed E-state index contributed by atoms with van der Waals surface area (Å²) in [6.45, 7) is 4.24. The predicted octanol–water partition coefficient (Wildman–Crippen LogP) is 4.92. The van der Waals surface area contributed by atoms with Crippen LogP contribution in [0.3, 0.4) is 0 Å². The van der Waals surface area contributed by atoms with Gasteiger partial charge in [0.05, 0.1) is 22.1 Å². The molecule has 8 heteroatoms. The van der Waals surface area contributed by atoms with E-state index in [9.17, 15) is 4.91 Å². The molecule has 8 nitrogen and oxygen atoms in total. The number of nitrogens with one attached hydrogen (secondary N) is 2. The fraction of sp³-hybridized carbons (Fsp3) is 0.200. The Hall–Kier alpha value is -4.04. The lowest BCUT2D eigenvalue weighted by Crippen LogP contribution is -2.44.